The molecule has 0 aromatic carbocycles. The van der Waals surface area contributed by atoms with E-state index in [2.05, 4.69) is 24.3 Å². The maximum Gasteiger partial charge on any atom is 0.364 e. The molecular weight excluding hydrogens is 668 g/mol. The summed E-state index contributed by atoms with van der Waals surface area (Å²) in [5.74, 6) is 0. The first-order valence-corrected chi connectivity index (χ1v) is 21.1. The van der Waals surface area contributed by atoms with E-state index in [4.69, 9.17) is 9.47 Å². The van der Waals surface area contributed by atoms with E-state index >= 15 is 0 Å². The Morgan fingerprint density at radius 3 is 1.60 bits per heavy atom. The van der Waals surface area contributed by atoms with Crippen LogP contribution in [-0.2, 0) is 16.0 Å². The summed E-state index contributed by atoms with van der Waals surface area (Å²) in [7, 11) is 0. The Hall–Kier alpha value is -1.45. The molecule has 2 heterocycles. The second-order valence-corrected chi connectivity index (χ2v) is 15.2. The molecule has 1 saturated heterocycles. The predicted molar refractivity (Wildman–Crippen MR) is 202 cm³/mol. The molecular formula is C39H76N4O9. The molecule has 2 rings (SSSR count). The lowest BCUT2D eigenvalue weighted by molar-refractivity contribution is -0.304. The number of ether oxygens (including phenoxy) is 2. The maximum atomic E-state index is 13.4. The van der Waals surface area contributed by atoms with E-state index in [0.29, 0.717) is 19.4 Å². The van der Waals surface area contributed by atoms with Crippen molar-refractivity contribution in [1.29, 1.82) is 0 Å². The van der Waals surface area contributed by atoms with Crippen molar-refractivity contribution in [2.75, 3.05) is 13.2 Å². The van der Waals surface area contributed by atoms with Crippen LogP contribution in [0.15, 0.2) is 4.79 Å². The van der Waals surface area contributed by atoms with Crippen LogP contribution in [0.5, 0.6) is 0 Å². The SMILES string of the molecule is CCCCCCCCCCCCCC[C@@H](O)[C@@H](O)[C@H](COC1OC(CO)C(O)C(O)C1O)n1nnn(CCCCCCCCCCCCCC)c1=O. The highest BCUT2D eigenvalue weighted by Gasteiger charge is 2.45. The Labute approximate surface area is 313 Å². The zero-order chi connectivity index (χ0) is 38.0. The van der Waals surface area contributed by atoms with Gasteiger partial charge in [0.05, 0.1) is 19.3 Å². The highest BCUT2D eigenvalue weighted by molar-refractivity contribution is 4.89. The monoisotopic (exact) mass is 745 g/mol. The number of hydrogen-bond donors (Lipinski definition) is 6. The molecule has 52 heavy (non-hydrogen) atoms. The predicted octanol–water partition coefficient (Wildman–Crippen LogP) is 5.31. The molecule has 0 saturated carbocycles. The molecule has 0 spiro atoms. The number of aliphatic hydroxyl groups excluding tert-OH is 6. The fraction of sp³-hybridized carbons (Fsp3) is 0.974. The van der Waals surface area contributed by atoms with Crippen molar-refractivity contribution in [2.24, 2.45) is 0 Å². The summed E-state index contributed by atoms with van der Waals surface area (Å²) in [6, 6.07) is -1.18. The first-order valence-electron chi connectivity index (χ1n) is 21.1. The number of aromatic nitrogens is 4. The summed E-state index contributed by atoms with van der Waals surface area (Å²) in [5, 5.41) is 70.8. The molecule has 1 aromatic rings. The Morgan fingerprint density at radius 2 is 1.12 bits per heavy atom. The minimum atomic E-state index is -1.65. The lowest BCUT2D eigenvalue weighted by atomic mass is 9.98. The topological polar surface area (TPSA) is 193 Å². The number of unbranched alkanes of at least 4 members (excludes halogenated alkanes) is 22. The standard InChI is InChI=1S/C39H76N4O9/c1-3-5-7-9-11-13-15-17-19-21-23-25-27-32(45)34(46)31(30-51-38-37(49)36(48)35(47)33(29-44)52-38)43-39(50)42(40-41-43)28-26-24-22-20-18-16-14-12-10-8-6-4-2/h31-38,44-49H,3-30H2,1-2H3/t31-,32+,33?,34-,35?,36?,37?,38?/m0/s1. The van der Waals surface area contributed by atoms with Gasteiger partial charge in [0, 0.05) is 6.54 Å². The number of nitrogens with zero attached hydrogens (tertiary/aromatic N) is 4. The number of aliphatic hydroxyl groups is 6. The smallest absolute Gasteiger partial charge is 0.364 e. The minimum Gasteiger partial charge on any atom is -0.394 e. The van der Waals surface area contributed by atoms with Crippen LogP contribution in [0.2, 0.25) is 0 Å². The van der Waals surface area contributed by atoms with Crippen molar-refractivity contribution in [1.82, 2.24) is 19.8 Å². The van der Waals surface area contributed by atoms with Crippen molar-refractivity contribution < 1.29 is 40.1 Å². The summed E-state index contributed by atoms with van der Waals surface area (Å²) >= 11 is 0. The van der Waals surface area contributed by atoms with Gasteiger partial charge in [0.2, 0.25) is 0 Å². The molecule has 1 fully saturated rings. The molecule has 0 amide bonds. The third-order valence-corrected chi connectivity index (χ3v) is 10.6. The van der Waals surface area contributed by atoms with Crippen molar-refractivity contribution >= 4 is 0 Å². The van der Waals surface area contributed by atoms with Gasteiger partial charge in [-0.05, 0) is 23.3 Å². The zero-order valence-electron chi connectivity index (χ0n) is 32.6. The van der Waals surface area contributed by atoms with Crippen LogP contribution in [0, 0.1) is 0 Å². The van der Waals surface area contributed by atoms with E-state index in [9.17, 15) is 35.4 Å². The quantitative estimate of drug-likeness (QED) is 0.0511. The third kappa shape index (κ3) is 17.8. The van der Waals surface area contributed by atoms with Gasteiger partial charge in [-0.1, -0.05) is 162 Å². The van der Waals surface area contributed by atoms with Gasteiger partial charge in [0.1, 0.15) is 36.6 Å². The van der Waals surface area contributed by atoms with E-state index in [-0.39, 0.29) is 0 Å². The van der Waals surface area contributed by atoms with Gasteiger partial charge in [-0.3, -0.25) is 0 Å². The van der Waals surface area contributed by atoms with Crippen molar-refractivity contribution in [3.05, 3.63) is 10.5 Å². The third-order valence-electron chi connectivity index (χ3n) is 10.6. The summed E-state index contributed by atoms with van der Waals surface area (Å²) in [6.45, 7) is 3.79. The molecule has 6 N–H and O–H groups in total. The number of tetrazole rings is 1. The van der Waals surface area contributed by atoms with Gasteiger partial charge in [-0.25, -0.2) is 4.79 Å². The van der Waals surface area contributed by atoms with E-state index in [1.54, 1.807) is 0 Å². The van der Waals surface area contributed by atoms with Crippen LogP contribution in [0.3, 0.4) is 0 Å². The Balaban J connectivity index is 1.88. The maximum absolute atomic E-state index is 13.4. The molecule has 13 heteroatoms. The van der Waals surface area contributed by atoms with Crippen LogP contribution in [0.1, 0.15) is 180 Å². The van der Waals surface area contributed by atoms with E-state index in [1.807, 2.05) is 0 Å². The average molecular weight is 745 g/mol. The largest absolute Gasteiger partial charge is 0.394 e. The number of hydrogen-bond acceptors (Lipinski definition) is 11. The molecule has 306 valence electrons. The van der Waals surface area contributed by atoms with Gasteiger partial charge in [0.25, 0.3) is 0 Å². The first kappa shape index (κ1) is 46.7. The van der Waals surface area contributed by atoms with Gasteiger partial charge >= 0.3 is 5.69 Å². The van der Waals surface area contributed by atoms with Crippen LogP contribution >= 0.6 is 0 Å². The fourth-order valence-electron chi connectivity index (χ4n) is 7.07. The van der Waals surface area contributed by atoms with Crippen molar-refractivity contribution in [3.8, 4) is 0 Å². The Kier molecular flexibility index (Phi) is 26.0. The lowest BCUT2D eigenvalue weighted by Gasteiger charge is -2.40. The summed E-state index contributed by atoms with van der Waals surface area (Å²) < 4.78 is 13.4. The van der Waals surface area contributed by atoms with E-state index in [1.165, 1.54) is 107 Å². The van der Waals surface area contributed by atoms with Crippen LogP contribution in [-0.4, -0.2) is 107 Å². The lowest BCUT2D eigenvalue weighted by Crippen LogP contribution is -2.59. The molecule has 0 aliphatic carbocycles. The Morgan fingerprint density at radius 1 is 0.654 bits per heavy atom. The van der Waals surface area contributed by atoms with Gasteiger partial charge < -0.3 is 40.1 Å². The fourth-order valence-corrected chi connectivity index (χ4v) is 7.07. The van der Waals surface area contributed by atoms with Crippen LogP contribution < -0.4 is 5.69 Å². The highest BCUT2D eigenvalue weighted by atomic mass is 16.7. The molecule has 5 unspecified atom stereocenters. The highest BCUT2D eigenvalue weighted by Crippen LogP contribution is 2.25. The van der Waals surface area contributed by atoms with Gasteiger partial charge in [-0.15, -0.1) is 0 Å². The molecule has 1 aliphatic rings. The molecule has 0 bridgehead atoms. The molecule has 1 aliphatic heterocycles. The van der Waals surface area contributed by atoms with Crippen LogP contribution in [0.25, 0.3) is 0 Å². The molecule has 1 aromatic heterocycles. The number of aryl methyl sites for hydroxylation is 1. The normalized spacial score (nSPS) is 22.5. The van der Waals surface area contributed by atoms with Crippen molar-refractivity contribution in [3.63, 3.8) is 0 Å². The zero-order valence-corrected chi connectivity index (χ0v) is 32.6. The number of rotatable bonds is 33. The van der Waals surface area contributed by atoms with E-state index in [0.717, 1.165) is 49.6 Å². The van der Waals surface area contributed by atoms with Gasteiger partial charge in [0.15, 0.2) is 6.29 Å². The van der Waals surface area contributed by atoms with Crippen molar-refractivity contribution in [2.45, 2.75) is 230 Å². The molecule has 0 radical (unpaired) electrons. The second kappa shape index (κ2) is 28.9. The Bertz CT molecular complexity index is 1040. The summed E-state index contributed by atoms with van der Waals surface area (Å²) in [6.07, 6.45) is 18.6. The van der Waals surface area contributed by atoms with Gasteiger partial charge in [-0.2, -0.15) is 9.36 Å². The molecule has 8 atom stereocenters. The van der Waals surface area contributed by atoms with E-state index < -0.39 is 67.9 Å². The summed E-state index contributed by atoms with van der Waals surface area (Å²) in [4.78, 5) is 13.4. The van der Waals surface area contributed by atoms with Crippen LogP contribution in [0.4, 0.5) is 0 Å². The summed E-state index contributed by atoms with van der Waals surface area (Å²) in [5.41, 5.74) is -0.554. The minimum absolute atomic E-state index is 0.316. The first-order chi connectivity index (χ1) is 25.3. The molecule has 13 nitrogen and oxygen atoms in total. The average Bonchev–Trinajstić information content (AvgIpc) is 3.51. The second-order valence-electron chi connectivity index (χ2n) is 15.2.